The SMILES string of the molecule is O=C(CN1C(=O)NC(c2ccccc2)C1=O)OCc1ccccc1. The number of imide groups is 1. The minimum Gasteiger partial charge on any atom is -0.459 e. The van der Waals surface area contributed by atoms with Crippen LogP contribution in [-0.2, 0) is 20.9 Å². The van der Waals surface area contributed by atoms with Crippen molar-refractivity contribution in [3.63, 3.8) is 0 Å². The standard InChI is InChI=1S/C18H16N2O4/c21-15(24-12-13-7-3-1-4-8-13)11-20-17(22)16(19-18(20)23)14-9-5-2-6-10-14/h1-10,16H,11-12H2,(H,19,23). The van der Waals surface area contributed by atoms with E-state index in [4.69, 9.17) is 4.74 Å². The maximum atomic E-state index is 12.4. The van der Waals surface area contributed by atoms with Gasteiger partial charge in [-0.2, -0.15) is 0 Å². The molecule has 0 aromatic heterocycles. The first-order chi connectivity index (χ1) is 11.6. The van der Waals surface area contributed by atoms with Crippen molar-refractivity contribution in [3.05, 3.63) is 71.8 Å². The van der Waals surface area contributed by atoms with Gasteiger partial charge in [0.05, 0.1) is 0 Å². The average molecular weight is 324 g/mol. The number of nitrogens with one attached hydrogen (secondary N) is 1. The minimum absolute atomic E-state index is 0.103. The lowest BCUT2D eigenvalue weighted by molar-refractivity contribution is -0.148. The maximum Gasteiger partial charge on any atom is 0.326 e. The summed E-state index contributed by atoms with van der Waals surface area (Å²) in [6.07, 6.45) is 0. The highest BCUT2D eigenvalue weighted by molar-refractivity contribution is 6.06. The molecule has 1 saturated heterocycles. The van der Waals surface area contributed by atoms with Gasteiger partial charge in [-0.1, -0.05) is 60.7 Å². The van der Waals surface area contributed by atoms with Gasteiger partial charge in [-0.05, 0) is 11.1 Å². The molecule has 1 heterocycles. The van der Waals surface area contributed by atoms with Crippen LogP contribution in [0.25, 0.3) is 0 Å². The Kier molecular flexibility index (Phi) is 4.56. The van der Waals surface area contributed by atoms with Crippen molar-refractivity contribution in [1.29, 1.82) is 0 Å². The molecular formula is C18H16N2O4. The van der Waals surface area contributed by atoms with Crippen molar-refractivity contribution in [2.45, 2.75) is 12.6 Å². The lowest BCUT2D eigenvalue weighted by atomic mass is 10.1. The van der Waals surface area contributed by atoms with E-state index in [0.717, 1.165) is 10.5 Å². The van der Waals surface area contributed by atoms with E-state index in [2.05, 4.69) is 5.32 Å². The molecule has 1 aliphatic rings. The van der Waals surface area contributed by atoms with Crippen LogP contribution in [0.1, 0.15) is 17.2 Å². The summed E-state index contributed by atoms with van der Waals surface area (Å²) >= 11 is 0. The lowest BCUT2D eigenvalue weighted by Gasteiger charge is -2.12. The topological polar surface area (TPSA) is 75.7 Å². The number of carbonyl (C=O) groups excluding carboxylic acids is 3. The van der Waals surface area contributed by atoms with Crippen LogP contribution < -0.4 is 5.32 Å². The predicted molar refractivity (Wildman–Crippen MR) is 85.7 cm³/mol. The van der Waals surface area contributed by atoms with Crippen LogP contribution >= 0.6 is 0 Å². The fourth-order valence-corrected chi connectivity index (χ4v) is 2.45. The van der Waals surface area contributed by atoms with E-state index in [1.807, 2.05) is 36.4 Å². The van der Waals surface area contributed by atoms with E-state index in [1.54, 1.807) is 24.3 Å². The number of carbonyl (C=O) groups is 3. The van der Waals surface area contributed by atoms with Crippen LogP contribution in [0.4, 0.5) is 4.79 Å². The monoisotopic (exact) mass is 324 g/mol. The second-order valence-corrected chi connectivity index (χ2v) is 5.36. The van der Waals surface area contributed by atoms with Crippen LogP contribution in [0.5, 0.6) is 0 Å². The summed E-state index contributed by atoms with van der Waals surface area (Å²) in [7, 11) is 0. The van der Waals surface area contributed by atoms with Gasteiger partial charge in [-0.15, -0.1) is 0 Å². The van der Waals surface area contributed by atoms with Crippen LogP contribution in [0.2, 0.25) is 0 Å². The van der Waals surface area contributed by atoms with Gasteiger partial charge in [0, 0.05) is 0 Å². The summed E-state index contributed by atoms with van der Waals surface area (Å²) in [6, 6.07) is 16.7. The molecule has 1 unspecified atom stereocenters. The molecular weight excluding hydrogens is 308 g/mol. The third-order valence-corrected chi connectivity index (χ3v) is 3.69. The van der Waals surface area contributed by atoms with Crippen LogP contribution in [-0.4, -0.2) is 29.4 Å². The van der Waals surface area contributed by atoms with E-state index < -0.39 is 30.5 Å². The number of ether oxygens (including phenoxy) is 1. The van der Waals surface area contributed by atoms with E-state index in [1.165, 1.54) is 0 Å². The highest BCUT2D eigenvalue weighted by Crippen LogP contribution is 2.21. The summed E-state index contributed by atoms with van der Waals surface area (Å²) in [6.45, 7) is -0.299. The molecule has 24 heavy (non-hydrogen) atoms. The number of hydrogen-bond acceptors (Lipinski definition) is 4. The van der Waals surface area contributed by atoms with Gasteiger partial charge in [0.2, 0.25) is 0 Å². The molecule has 3 rings (SSSR count). The van der Waals surface area contributed by atoms with E-state index in [9.17, 15) is 14.4 Å². The molecule has 0 spiro atoms. The Morgan fingerprint density at radius 1 is 1.00 bits per heavy atom. The van der Waals surface area contributed by atoms with Crippen molar-refractivity contribution in [2.24, 2.45) is 0 Å². The number of urea groups is 1. The number of hydrogen-bond donors (Lipinski definition) is 1. The summed E-state index contributed by atoms with van der Waals surface area (Å²) in [5.41, 5.74) is 1.52. The highest BCUT2D eigenvalue weighted by Gasteiger charge is 2.40. The molecule has 0 bridgehead atoms. The second-order valence-electron chi connectivity index (χ2n) is 5.36. The number of benzene rings is 2. The minimum atomic E-state index is -0.763. The van der Waals surface area contributed by atoms with E-state index in [0.29, 0.717) is 5.56 Å². The Balaban J connectivity index is 1.59. The van der Waals surface area contributed by atoms with Gasteiger partial charge < -0.3 is 10.1 Å². The zero-order valence-corrected chi connectivity index (χ0v) is 12.8. The molecule has 1 fully saturated rings. The fraction of sp³-hybridized carbons (Fsp3) is 0.167. The molecule has 122 valence electrons. The summed E-state index contributed by atoms with van der Waals surface area (Å²) in [5, 5.41) is 2.58. The third kappa shape index (κ3) is 3.43. The van der Waals surface area contributed by atoms with Gasteiger partial charge >= 0.3 is 12.0 Å². The van der Waals surface area contributed by atoms with Crippen LogP contribution in [0.3, 0.4) is 0 Å². The molecule has 0 saturated carbocycles. The number of nitrogens with zero attached hydrogens (tertiary/aromatic N) is 1. The normalized spacial score (nSPS) is 16.8. The highest BCUT2D eigenvalue weighted by atomic mass is 16.5. The van der Waals surface area contributed by atoms with Gasteiger partial charge in [-0.25, -0.2) is 4.79 Å². The van der Waals surface area contributed by atoms with Gasteiger partial charge in [-0.3, -0.25) is 14.5 Å². The molecule has 0 radical (unpaired) electrons. The van der Waals surface area contributed by atoms with Crippen molar-refractivity contribution in [1.82, 2.24) is 10.2 Å². The maximum absolute atomic E-state index is 12.4. The average Bonchev–Trinajstić information content (AvgIpc) is 2.90. The van der Waals surface area contributed by atoms with Gasteiger partial charge in [0.25, 0.3) is 5.91 Å². The Labute approximate surface area is 139 Å². The molecule has 0 aliphatic carbocycles. The lowest BCUT2D eigenvalue weighted by Crippen LogP contribution is -2.36. The molecule has 3 amide bonds. The molecule has 2 aromatic carbocycles. The number of amides is 3. The first-order valence-electron chi connectivity index (χ1n) is 7.51. The first-order valence-corrected chi connectivity index (χ1v) is 7.51. The number of esters is 1. The molecule has 6 heteroatoms. The van der Waals surface area contributed by atoms with E-state index in [-0.39, 0.29) is 6.61 Å². The molecule has 1 N–H and O–H groups in total. The molecule has 1 aliphatic heterocycles. The zero-order valence-electron chi connectivity index (χ0n) is 12.8. The fourth-order valence-electron chi connectivity index (χ4n) is 2.45. The van der Waals surface area contributed by atoms with Crippen molar-refractivity contribution in [3.8, 4) is 0 Å². The second kappa shape index (κ2) is 6.95. The van der Waals surface area contributed by atoms with Crippen molar-refractivity contribution in [2.75, 3.05) is 6.54 Å². The quantitative estimate of drug-likeness (QED) is 0.674. The number of rotatable bonds is 5. The summed E-state index contributed by atoms with van der Waals surface area (Å²) < 4.78 is 5.11. The van der Waals surface area contributed by atoms with Crippen molar-refractivity contribution < 1.29 is 19.1 Å². The first kappa shape index (κ1) is 15.7. The van der Waals surface area contributed by atoms with Crippen LogP contribution in [0, 0.1) is 0 Å². The Morgan fingerprint density at radius 3 is 2.29 bits per heavy atom. The smallest absolute Gasteiger partial charge is 0.326 e. The molecule has 6 nitrogen and oxygen atoms in total. The third-order valence-electron chi connectivity index (χ3n) is 3.69. The van der Waals surface area contributed by atoms with Gasteiger partial charge in [0.15, 0.2) is 0 Å². The van der Waals surface area contributed by atoms with E-state index >= 15 is 0 Å². The predicted octanol–water partition coefficient (Wildman–Crippen LogP) is 2.02. The zero-order chi connectivity index (χ0) is 16.9. The summed E-state index contributed by atoms with van der Waals surface area (Å²) in [5.74, 6) is -1.08. The van der Waals surface area contributed by atoms with Gasteiger partial charge in [0.1, 0.15) is 19.2 Å². The Bertz CT molecular complexity index is 746. The van der Waals surface area contributed by atoms with Crippen molar-refractivity contribution >= 4 is 17.9 Å². The Hall–Kier alpha value is -3.15. The largest absolute Gasteiger partial charge is 0.459 e. The molecule has 1 atom stereocenters. The summed E-state index contributed by atoms with van der Waals surface area (Å²) in [4.78, 5) is 37.1. The Morgan fingerprint density at radius 2 is 1.62 bits per heavy atom. The molecule has 2 aromatic rings. The van der Waals surface area contributed by atoms with Crippen LogP contribution in [0.15, 0.2) is 60.7 Å².